The zero-order valence-electron chi connectivity index (χ0n) is 18.2. The molecule has 0 saturated heterocycles. The second-order valence-electron chi connectivity index (χ2n) is 8.78. The molecule has 4 aromatic heterocycles. The summed E-state index contributed by atoms with van der Waals surface area (Å²) in [7, 11) is 0. The van der Waals surface area contributed by atoms with Crippen LogP contribution in [0.15, 0.2) is 85.5 Å². The van der Waals surface area contributed by atoms with Crippen molar-refractivity contribution < 1.29 is 9.13 Å². The summed E-state index contributed by atoms with van der Waals surface area (Å²) >= 11 is 0. The standard InChI is InChI=1S/C28H26N4/c1(7-15-31-17-13-23-21-9-3-5-11-25(21)29-27(23)19-31)2-8-16-32-18-14-24-22-10-4-6-12-26(22)30-28(24)20-32/h3-6,9-14,17-20H,1-2,7-8,15-16H2/p+2. The second kappa shape index (κ2) is 8.12. The van der Waals surface area contributed by atoms with Gasteiger partial charge in [-0.3, -0.25) is 0 Å². The average Bonchev–Trinajstić information content (AvgIpc) is 3.38. The molecule has 0 aliphatic heterocycles. The lowest BCUT2D eigenvalue weighted by Crippen LogP contribution is -2.33. The Morgan fingerprint density at radius 1 is 0.469 bits per heavy atom. The van der Waals surface area contributed by atoms with E-state index in [0.717, 1.165) is 13.1 Å². The number of rotatable bonds is 7. The molecule has 0 spiro atoms. The number of hydrogen-bond donors (Lipinski definition) is 2. The minimum absolute atomic E-state index is 1.07. The monoisotopic (exact) mass is 420 g/mol. The summed E-state index contributed by atoms with van der Waals surface area (Å²) in [5.74, 6) is 0. The summed E-state index contributed by atoms with van der Waals surface area (Å²) in [5.41, 5.74) is 4.86. The highest BCUT2D eigenvalue weighted by atomic mass is 14.9. The fourth-order valence-electron chi connectivity index (χ4n) is 4.91. The number of aromatic nitrogens is 4. The summed E-state index contributed by atoms with van der Waals surface area (Å²) in [6.45, 7) is 2.14. The van der Waals surface area contributed by atoms with Crippen LogP contribution < -0.4 is 9.13 Å². The van der Waals surface area contributed by atoms with Crippen LogP contribution in [0.5, 0.6) is 0 Å². The highest BCUT2D eigenvalue weighted by Gasteiger charge is 2.10. The number of H-pyrrole nitrogens is 2. The Morgan fingerprint density at radius 2 is 0.906 bits per heavy atom. The molecule has 0 atom stereocenters. The van der Waals surface area contributed by atoms with Crippen LogP contribution in [0.2, 0.25) is 0 Å². The zero-order chi connectivity index (χ0) is 21.3. The van der Waals surface area contributed by atoms with Crippen molar-refractivity contribution in [3.63, 3.8) is 0 Å². The van der Waals surface area contributed by atoms with Gasteiger partial charge in [0, 0.05) is 57.6 Å². The van der Waals surface area contributed by atoms with Gasteiger partial charge in [-0.2, -0.15) is 0 Å². The highest BCUT2D eigenvalue weighted by molar-refractivity contribution is 6.07. The minimum Gasteiger partial charge on any atom is -0.350 e. The normalized spacial score (nSPS) is 11.9. The number of pyridine rings is 2. The van der Waals surface area contributed by atoms with E-state index >= 15 is 0 Å². The minimum atomic E-state index is 1.07. The van der Waals surface area contributed by atoms with Crippen molar-refractivity contribution in [3.8, 4) is 0 Å². The van der Waals surface area contributed by atoms with Crippen molar-refractivity contribution >= 4 is 43.6 Å². The Labute approximate surface area is 187 Å². The number of aromatic amines is 2. The molecule has 2 aromatic carbocycles. The van der Waals surface area contributed by atoms with Gasteiger partial charge in [0.25, 0.3) is 0 Å². The molecule has 0 radical (unpaired) electrons. The number of nitrogens with zero attached hydrogens (tertiary/aromatic N) is 2. The Bertz CT molecular complexity index is 1420. The maximum absolute atomic E-state index is 3.54. The third-order valence-corrected chi connectivity index (χ3v) is 6.59. The number of nitrogens with one attached hydrogen (secondary N) is 2. The number of aryl methyl sites for hydroxylation is 2. The van der Waals surface area contributed by atoms with E-state index in [0.29, 0.717) is 0 Å². The van der Waals surface area contributed by atoms with E-state index in [-0.39, 0.29) is 0 Å². The average molecular weight is 421 g/mol. The third-order valence-electron chi connectivity index (χ3n) is 6.59. The molecule has 2 N–H and O–H groups in total. The summed E-state index contributed by atoms with van der Waals surface area (Å²) in [6, 6.07) is 21.5. The van der Waals surface area contributed by atoms with Crippen molar-refractivity contribution in [1.29, 1.82) is 0 Å². The largest absolute Gasteiger partial charge is 0.350 e. The van der Waals surface area contributed by atoms with Crippen LogP contribution in [0.3, 0.4) is 0 Å². The maximum Gasteiger partial charge on any atom is 0.193 e. The first-order chi connectivity index (χ1) is 15.8. The lowest BCUT2D eigenvalue weighted by Gasteiger charge is -2.00. The summed E-state index contributed by atoms with van der Waals surface area (Å²) in [6.07, 6.45) is 13.9. The number of unbranched alkanes of at least 4 members (excludes halogenated alkanes) is 3. The van der Waals surface area contributed by atoms with Gasteiger partial charge in [-0.25, -0.2) is 9.13 Å². The van der Waals surface area contributed by atoms with Gasteiger partial charge in [0.15, 0.2) is 24.8 Å². The van der Waals surface area contributed by atoms with Gasteiger partial charge in [0.1, 0.15) is 24.1 Å². The van der Waals surface area contributed by atoms with Crippen LogP contribution in [0.4, 0.5) is 0 Å². The van der Waals surface area contributed by atoms with E-state index < -0.39 is 0 Å². The van der Waals surface area contributed by atoms with Crippen LogP contribution in [0, 0.1) is 0 Å². The molecule has 0 saturated carbocycles. The van der Waals surface area contributed by atoms with Gasteiger partial charge in [-0.15, -0.1) is 0 Å². The molecule has 0 aliphatic rings. The number of benzene rings is 2. The first-order valence-corrected chi connectivity index (χ1v) is 11.6. The second-order valence-corrected chi connectivity index (χ2v) is 8.78. The van der Waals surface area contributed by atoms with Gasteiger partial charge < -0.3 is 9.97 Å². The van der Waals surface area contributed by atoms with Crippen molar-refractivity contribution in [2.24, 2.45) is 0 Å². The molecular weight excluding hydrogens is 392 g/mol. The summed E-state index contributed by atoms with van der Waals surface area (Å²) in [4.78, 5) is 7.08. The highest BCUT2D eigenvalue weighted by Crippen LogP contribution is 2.24. The lowest BCUT2D eigenvalue weighted by atomic mass is 10.1. The van der Waals surface area contributed by atoms with E-state index in [1.54, 1.807) is 0 Å². The zero-order valence-corrected chi connectivity index (χ0v) is 18.2. The third kappa shape index (κ3) is 3.52. The Kier molecular flexibility index (Phi) is 4.83. The maximum atomic E-state index is 3.54. The fraction of sp³-hybridized carbons (Fsp3) is 0.214. The van der Waals surface area contributed by atoms with E-state index in [4.69, 9.17) is 0 Å². The Morgan fingerprint density at radius 3 is 1.41 bits per heavy atom. The van der Waals surface area contributed by atoms with Gasteiger partial charge in [-0.05, 0) is 25.0 Å². The smallest absolute Gasteiger partial charge is 0.193 e. The SMILES string of the molecule is c1ccc2c(c1)[nH]c1c[n+](CCCCCC[n+]3ccc4c(c3)[nH]c3ccccc34)ccc12. The molecule has 4 nitrogen and oxygen atoms in total. The lowest BCUT2D eigenvalue weighted by molar-refractivity contribution is -0.697. The molecule has 4 heterocycles. The van der Waals surface area contributed by atoms with Crippen LogP contribution in [-0.2, 0) is 13.1 Å². The molecular formula is C28H28N4+2. The van der Waals surface area contributed by atoms with Crippen LogP contribution >= 0.6 is 0 Å². The number of hydrogen-bond acceptors (Lipinski definition) is 0. The molecule has 6 rings (SSSR count). The molecule has 158 valence electrons. The molecule has 0 aliphatic carbocycles. The predicted octanol–water partition coefficient (Wildman–Crippen LogP) is 5.79. The van der Waals surface area contributed by atoms with Crippen molar-refractivity contribution in [1.82, 2.24) is 9.97 Å². The van der Waals surface area contributed by atoms with Gasteiger partial charge in [0.05, 0.1) is 0 Å². The van der Waals surface area contributed by atoms with Crippen LogP contribution in [-0.4, -0.2) is 9.97 Å². The first-order valence-electron chi connectivity index (χ1n) is 11.6. The molecule has 0 unspecified atom stereocenters. The van der Waals surface area contributed by atoms with E-state index in [9.17, 15) is 0 Å². The van der Waals surface area contributed by atoms with Crippen LogP contribution in [0.1, 0.15) is 25.7 Å². The Balaban J connectivity index is 1.02. The van der Waals surface area contributed by atoms with E-state index in [1.807, 2.05) is 0 Å². The van der Waals surface area contributed by atoms with Gasteiger partial charge in [-0.1, -0.05) is 36.4 Å². The summed E-state index contributed by atoms with van der Waals surface area (Å²) in [5, 5.41) is 5.22. The summed E-state index contributed by atoms with van der Waals surface area (Å²) < 4.78 is 4.63. The van der Waals surface area contributed by atoms with Crippen LogP contribution in [0.25, 0.3) is 43.6 Å². The Hall–Kier alpha value is -3.66. The molecule has 0 fully saturated rings. The molecule has 4 heteroatoms. The van der Waals surface area contributed by atoms with Gasteiger partial charge >= 0.3 is 0 Å². The van der Waals surface area contributed by atoms with E-state index in [1.165, 1.54) is 69.3 Å². The predicted molar refractivity (Wildman–Crippen MR) is 130 cm³/mol. The van der Waals surface area contributed by atoms with Crippen molar-refractivity contribution in [3.05, 3.63) is 85.5 Å². The molecule has 0 bridgehead atoms. The molecule has 6 aromatic rings. The first kappa shape index (κ1) is 19.1. The number of para-hydroxylation sites is 2. The number of fused-ring (bicyclic) bond motifs is 6. The van der Waals surface area contributed by atoms with Gasteiger partial charge in [0.2, 0.25) is 0 Å². The molecule has 0 amide bonds. The fourth-order valence-corrected chi connectivity index (χ4v) is 4.91. The quantitative estimate of drug-likeness (QED) is 0.242. The van der Waals surface area contributed by atoms with Crippen molar-refractivity contribution in [2.75, 3.05) is 0 Å². The molecule has 32 heavy (non-hydrogen) atoms. The topological polar surface area (TPSA) is 39.3 Å². The van der Waals surface area contributed by atoms with E-state index in [2.05, 4.69) is 105 Å². The van der Waals surface area contributed by atoms with Crippen molar-refractivity contribution in [2.45, 2.75) is 38.8 Å².